The third-order valence-corrected chi connectivity index (χ3v) is 4.36. The monoisotopic (exact) mass is 409 g/mol. The number of hydrogen-bond donors (Lipinski definition) is 2. The molecule has 0 aliphatic heterocycles. The second kappa shape index (κ2) is 8.15. The van der Waals surface area contributed by atoms with Gasteiger partial charge >= 0.3 is 5.97 Å². The van der Waals surface area contributed by atoms with Crippen LogP contribution in [0.3, 0.4) is 0 Å². The molecule has 0 aliphatic carbocycles. The molecule has 2 N–H and O–H groups in total. The highest BCUT2D eigenvalue weighted by Gasteiger charge is 2.20. The van der Waals surface area contributed by atoms with Gasteiger partial charge in [0.1, 0.15) is 5.75 Å². The maximum atomic E-state index is 12.4. The van der Waals surface area contributed by atoms with Crippen molar-refractivity contribution in [3.8, 4) is 5.75 Å². The lowest BCUT2D eigenvalue weighted by Crippen LogP contribution is -2.15. The van der Waals surface area contributed by atoms with Crippen molar-refractivity contribution in [2.24, 2.45) is 0 Å². The van der Waals surface area contributed by atoms with Crippen LogP contribution in [0.2, 0.25) is 0 Å². The second-order valence-electron chi connectivity index (χ2n) is 5.75. The van der Waals surface area contributed by atoms with E-state index in [0.717, 1.165) is 11.3 Å². The molecular weight excluding hydrogens is 390 g/mol. The first kappa shape index (κ1) is 19.0. The minimum absolute atomic E-state index is 0.167. The van der Waals surface area contributed by atoms with Gasteiger partial charge in [-0.1, -0.05) is 13.8 Å². The lowest BCUT2D eigenvalue weighted by Gasteiger charge is -2.10. The molecule has 7 nitrogen and oxygen atoms in total. The number of carbonyl (C=O) groups excluding carboxylic acids is 2. The van der Waals surface area contributed by atoms with Crippen molar-refractivity contribution in [2.45, 2.75) is 26.7 Å². The highest BCUT2D eigenvalue weighted by atomic mass is 79.9. The number of hydrogen-bond acceptors (Lipinski definition) is 5. The smallest absolute Gasteiger partial charge is 0.343 e. The Balaban J connectivity index is 2.10. The van der Waals surface area contributed by atoms with Gasteiger partial charge in [-0.25, -0.2) is 4.79 Å². The number of nitrogens with one attached hydrogen (secondary N) is 2. The lowest BCUT2D eigenvalue weighted by molar-refractivity contribution is -0.142. The zero-order valence-electron chi connectivity index (χ0n) is 14.5. The Morgan fingerprint density at radius 2 is 2.08 bits per heavy atom. The van der Waals surface area contributed by atoms with Gasteiger partial charge in [-0.2, -0.15) is 5.10 Å². The van der Waals surface area contributed by atoms with Gasteiger partial charge in [0.2, 0.25) is 0 Å². The number of aromatic amines is 1. The van der Waals surface area contributed by atoms with Crippen LogP contribution in [0.4, 0.5) is 5.69 Å². The number of aryl methyl sites for hydroxylation is 1. The van der Waals surface area contributed by atoms with E-state index in [-0.39, 0.29) is 18.4 Å². The number of ether oxygens (including phenoxy) is 2. The van der Waals surface area contributed by atoms with Crippen LogP contribution in [-0.4, -0.2) is 35.8 Å². The van der Waals surface area contributed by atoms with E-state index in [1.165, 1.54) is 7.11 Å². The number of aromatic nitrogens is 2. The summed E-state index contributed by atoms with van der Waals surface area (Å²) in [6.45, 7) is 5.69. The Bertz CT molecular complexity index is 786. The first-order valence-electron chi connectivity index (χ1n) is 7.68. The molecule has 0 bridgehead atoms. The van der Waals surface area contributed by atoms with Crippen molar-refractivity contribution >= 4 is 33.5 Å². The fourth-order valence-electron chi connectivity index (χ4n) is 2.12. The lowest BCUT2D eigenvalue weighted by atomic mass is 10.1. The zero-order chi connectivity index (χ0) is 18.6. The van der Waals surface area contributed by atoms with E-state index in [1.807, 2.05) is 20.8 Å². The van der Waals surface area contributed by atoms with Crippen LogP contribution in [-0.2, 0) is 9.53 Å². The van der Waals surface area contributed by atoms with Crippen molar-refractivity contribution in [1.82, 2.24) is 10.2 Å². The summed E-state index contributed by atoms with van der Waals surface area (Å²) < 4.78 is 10.5. The van der Waals surface area contributed by atoms with Gasteiger partial charge in [0.25, 0.3) is 5.91 Å². The number of methoxy groups -OCH3 is 1. The fraction of sp³-hybridized carbons (Fsp3) is 0.353. The zero-order valence-corrected chi connectivity index (χ0v) is 16.1. The van der Waals surface area contributed by atoms with Crippen LogP contribution in [0, 0.1) is 6.92 Å². The van der Waals surface area contributed by atoms with Crippen molar-refractivity contribution in [3.05, 3.63) is 39.6 Å². The summed E-state index contributed by atoms with van der Waals surface area (Å²) in [5.41, 5.74) is 2.60. The average Bonchev–Trinajstić information content (AvgIpc) is 2.96. The summed E-state index contributed by atoms with van der Waals surface area (Å²) in [5, 5.41) is 9.78. The van der Waals surface area contributed by atoms with Crippen LogP contribution in [0.5, 0.6) is 5.75 Å². The van der Waals surface area contributed by atoms with Crippen LogP contribution in [0.25, 0.3) is 0 Å². The SMILES string of the molecule is COC(=O)COc1ccc(NC(=O)c2n[nH]c(C(C)C)c2Br)c(C)c1. The number of nitrogens with zero attached hydrogens (tertiary/aromatic N) is 1. The van der Waals surface area contributed by atoms with E-state index < -0.39 is 5.97 Å². The molecule has 0 aliphatic rings. The molecule has 25 heavy (non-hydrogen) atoms. The van der Waals surface area contributed by atoms with Crippen LogP contribution >= 0.6 is 15.9 Å². The van der Waals surface area contributed by atoms with E-state index >= 15 is 0 Å². The van der Waals surface area contributed by atoms with Gasteiger partial charge in [0, 0.05) is 5.69 Å². The molecular formula is C17H20BrN3O4. The Kier molecular flexibility index (Phi) is 6.19. The number of amides is 1. The Hall–Kier alpha value is -2.35. The maximum Gasteiger partial charge on any atom is 0.343 e. The standard InChI is InChI=1S/C17H20BrN3O4/c1-9(2)15-14(18)16(21-20-15)17(23)19-12-6-5-11(7-10(12)3)25-8-13(22)24-4/h5-7,9H,8H2,1-4H3,(H,19,23)(H,20,21). The predicted octanol–water partition coefficient (Wildman–Crippen LogP) is 3.41. The van der Waals surface area contributed by atoms with Crippen molar-refractivity contribution in [1.29, 1.82) is 0 Å². The number of rotatable bonds is 6. The quantitative estimate of drug-likeness (QED) is 0.712. The maximum absolute atomic E-state index is 12.4. The minimum atomic E-state index is -0.459. The van der Waals surface area contributed by atoms with Crippen molar-refractivity contribution < 1.29 is 19.1 Å². The summed E-state index contributed by atoms with van der Waals surface area (Å²) in [6, 6.07) is 5.12. The van der Waals surface area contributed by atoms with E-state index in [9.17, 15) is 9.59 Å². The molecule has 1 heterocycles. The topological polar surface area (TPSA) is 93.3 Å². The van der Waals surface area contributed by atoms with E-state index in [1.54, 1.807) is 18.2 Å². The van der Waals surface area contributed by atoms with E-state index in [0.29, 0.717) is 21.6 Å². The Morgan fingerprint density at radius 3 is 2.64 bits per heavy atom. The third kappa shape index (κ3) is 4.60. The molecule has 0 saturated heterocycles. The molecule has 0 fully saturated rings. The van der Waals surface area contributed by atoms with Gasteiger partial charge < -0.3 is 14.8 Å². The molecule has 2 aromatic rings. The number of esters is 1. The van der Waals surface area contributed by atoms with Crippen LogP contribution in [0.1, 0.15) is 41.5 Å². The molecule has 0 atom stereocenters. The molecule has 2 rings (SSSR count). The fourth-order valence-corrected chi connectivity index (χ4v) is 2.94. The molecule has 0 radical (unpaired) electrons. The molecule has 0 spiro atoms. The highest BCUT2D eigenvalue weighted by molar-refractivity contribution is 9.10. The number of carbonyl (C=O) groups is 2. The Morgan fingerprint density at radius 1 is 1.36 bits per heavy atom. The molecule has 1 amide bonds. The third-order valence-electron chi connectivity index (χ3n) is 3.56. The molecule has 1 aromatic carbocycles. The van der Waals surface area contributed by atoms with E-state index in [2.05, 4.69) is 36.2 Å². The predicted molar refractivity (Wildman–Crippen MR) is 97.0 cm³/mol. The number of anilines is 1. The summed E-state index contributed by atoms with van der Waals surface area (Å²) in [7, 11) is 1.30. The summed E-state index contributed by atoms with van der Waals surface area (Å²) in [4.78, 5) is 23.5. The minimum Gasteiger partial charge on any atom is -0.482 e. The summed E-state index contributed by atoms with van der Waals surface area (Å²) in [6.07, 6.45) is 0. The van der Waals surface area contributed by atoms with Gasteiger partial charge in [-0.05, 0) is 52.5 Å². The first-order chi connectivity index (χ1) is 11.8. The molecule has 0 unspecified atom stereocenters. The normalized spacial score (nSPS) is 10.6. The molecule has 1 aromatic heterocycles. The van der Waals surface area contributed by atoms with Gasteiger partial charge in [0.15, 0.2) is 12.3 Å². The van der Waals surface area contributed by atoms with Gasteiger partial charge in [-0.3, -0.25) is 9.89 Å². The number of halogens is 1. The van der Waals surface area contributed by atoms with Gasteiger partial charge in [0.05, 0.1) is 17.3 Å². The van der Waals surface area contributed by atoms with Crippen molar-refractivity contribution in [2.75, 3.05) is 19.0 Å². The Labute approximate surface area is 154 Å². The summed E-state index contributed by atoms with van der Waals surface area (Å²) in [5.74, 6) is -0.0407. The van der Waals surface area contributed by atoms with Gasteiger partial charge in [-0.15, -0.1) is 0 Å². The number of benzene rings is 1. The van der Waals surface area contributed by atoms with Crippen LogP contribution in [0.15, 0.2) is 22.7 Å². The largest absolute Gasteiger partial charge is 0.482 e. The first-order valence-corrected chi connectivity index (χ1v) is 8.48. The average molecular weight is 410 g/mol. The van der Waals surface area contributed by atoms with Crippen molar-refractivity contribution in [3.63, 3.8) is 0 Å². The molecule has 134 valence electrons. The second-order valence-corrected chi connectivity index (χ2v) is 6.54. The molecule has 8 heteroatoms. The number of H-pyrrole nitrogens is 1. The molecule has 0 saturated carbocycles. The van der Waals surface area contributed by atoms with E-state index in [4.69, 9.17) is 4.74 Å². The summed E-state index contributed by atoms with van der Waals surface area (Å²) >= 11 is 3.42. The van der Waals surface area contributed by atoms with Crippen LogP contribution < -0.4 is 10.1 Å². The highest BCUT2D eigenvalue weighted by Crippen LogP contribution is 2.27.